The van der Waals surface area contributed by atoms with E-state index in [0.29, 0.717) is 56.1 Å². The summed E-state index contributed by atoms with van der Waals surface area (Å²) in [5, 5.41) is 15.9. The van der Waals surface area contributed by atoms with Crippen molar-refractivity contribution in [3.05, 3.63) is 174 Å². The van der Waals surface area contributed by atoms with Crippen molar-refractivity contribution in [2.75, 3.05) is 59.4 Å². The van der Waals surface area contributed by atoms with E-state index in [1.54, 1.807) is 18.3 Å². The Hall–Kier alpha value is -8.39. The molecule has 0 radical (unpaired) electrons. The molecule has 0 saturated carbocycles. The molecule has 3 saturated heterocycles. The summed E-state index contributed by atoms with van der Waals surface area (Å²) in [6, 6.07) is 37.0. The van der Waals surface area contributed by atoms with E-state index in [0.717, 1.165) is 27.6 Å². The van der Waals surface area contributed by atoms with Gasteiger partial charge in [-0.1, -0.05) is 121 Å². The third-order valence-corrected chi connectivity index (χ3v) is 15.6. The van der Waals surface area contributed by atoms with Gasteiger partial charge in [0.25, 0.3) is 0 Å². The van der Waals surface area contributed by atoms with Crippen LogP contribution in [0.3, 0.4) is 0 Å². The van der Waals surface area contributed by atoms with Crippen molar-refractivity contribution >= 4 is 52.3 Å². The van der Waals surface area contributed by atoms with Gasteiger partial charge in [-0.15, -0.1) is 0 Å². The number of alkyl carbamates (subject to hydrolysis) is 1. The molecule has 7 atom stereocenters. The molecule has 3 aliphatic heterocycles. The second-order valence-electron chi connectivity index (χ2n) is 21.5. The van der Waals surface area contributed by atoms with Crippen molar-refractivity contribution in [2.45, 2.75) is 87.9 Å². The highest BCUT2D eigenvalue weighted by atomic mass is 16.6. The number of nitrogens with zero attached hydrogens (tertiary/aromatic N) is 3. The zero-order valence-corrected chi connectivity index (χ0v) is 46.3. The van der Waals surface area contributed by atoms with Gasteiger partial charge < -0.3 is 61.5 Å². The molecule has 430 valence electrons. The molecule has 0 aliphatic carbocycles. The number of rotatable bonds is 17. The monoisotopic (exact) mass is 1110 g/mol. The van der Waals surface area contributed by atoms with E-state index in [2.05, 4.69) is 36.5 Å². The molecule has 82 heavy (non-hydrogen) atoms. The van der Waals surface area contributed by atoms with Gasteiger partial charge in [0.1, 0.15) is 42.6 Å². The molecular weight excluding hydrogens is 1040 g/mol. The van der Waals surface area contributed by atoms with Gasteiger partial charge in [-0.3, -0.25) is 28.8 Å². The SMILES string of the molecule is CN1C(=O)[C@H](Cc2ccc(OCc3ccccc3)cc2)NC(=O)[C@H](CN2CCNCC2)CC(=O)[C@@H](Cc2c[nH]c3ccccc23)NC(=O)[C@H](CCc2ccccc2)NC(=O)[C@@H]2C[C@@H](OC(=O)NCCN)CN2C(=O)[C@@H]1Cc1ccccc1. The minimum Gasteiger partial charge on any atom is -0.489 e. The number of benzene rings is 5. The largest absolute Gasteiger partial charge is 0.489 e. The normalized spacial score (nSPS) is 22.6. The lowest BCUT2D eigenvalue weighted by Gasteiger charge is -2.36. The number of carbonyl (C=O) groups is 7. The summed E-state index contributed by atoms with van der Waals surface area (Å²) >= 11 is 0. The molecule has 6 amide bonds. The highest BCUT2D eigenvalue weighted by molar-refractivity contribution is 5.99. The third kappa shape index (κ3) is 15.5. The first-order valence-electron chi connectivity index (χ1n) is 28.4. The second-order valence-corrected chi connectivity index (χ2v) is 21.5. The Kier molecular flexibility index (Phi) is 20.1. The number of aromatic nitrogens is 1. The molecular formula is C63H74N10O9. The van der Waals surface area contributed by atoms with Gasteiger partial charge in [0.05, 0.1) is 18.5 Å². The number of nitrogens with two attached hydrogens (primary N) is 1. The van der Waals surface area contributed by atoms with Crippen LogP contribution in [0.2, 0.25) is 0 Å². The van der Waals surface area contributed by atoms with Crippen molar-refractivity contribution in [2.24, 2.45) is 11.7 Å². The lowest BCUT2D eigenvalue weighted by molar-refractivity contribution is -0.149. The smallest absolute Gasteiger partial charge is 0.407 e. The van der Waals surface area contributed by atoms with Crippen LogP contribution in [0.4, 0.5) is 4.79 Å². The van der Waals surface area contributed by atoms with E-state index in [4.69, 9.17) is 15.2 Å². The fourth-order valence-electron chi connectivity index (χ4n) is 11.1. The van der Waals surface area contributed by atoms with E-state index in [1.165, 1.54) is 16.8 Å². The average Bonchev–Trinajstić information content (AvgIpc) is 4.30. The molecule has 6 aromatic rings. The van der Waals surface area contributed by atoms with Crippen LogP contribution in [-0.4, -0.2) is 157 Å². The summed E-state index contributed by atoms with van der Waals surface area (Å²) in [4.78, 5) is 113. The molecule has 3 fully saturated rings. The van der Waals surface area contributed by atoms with E-state index in [-0.39, 0.29) is 64.7 Å². The van der Waals surface area contributed by atoms with Crippen LogP contribution < -0.4 is 37.1 Å². The number of carbonyl (C=O) groups excluding carboxylic acids is 7. The summed E-state index contributed by atoms with van der Waals surface area (Å²) in [5.74, 6) is -3.93. The number of Topliss-reactive ketones (excluding diaryl/α,β-unsaturated/α-hetero) is 1. The summed E-state index contributed by atoms with van der Waals surface area (Å²) < 4.78 is 11.9. The molecule has 1 aromatic heterocycles. The average molecular weight is 1120 g/mol. The van der Waals surface area contributed by atoms with Crippen LogP contribution in [0.5, 0.6) is 5.75 Å². The van der Waals surface area contributed by atoms with Crippen LogP contribution in [0.15, 0.2) is 146 Å². The first kappa shape index (κ1) is 58.3. The van der Waals surface area contributed by atoms with Crippen molar-refractivity contribution in [3.63, 3.8) is 0 Å². The van der Waals surface area contributed by atoms with Crippen molar-refractivity contribution in [3.8, 4) is 5.75 Å². The number of ether oxygens (including phenoxy) is 2. The van der Waals surface area contributed by atoms with Crippen LogP contribution in [-0.2, 0) is 65.8 Å². The van der Waals surface area contributed by atoms with E-state index in [9.17, 15) is 4.79 Å². The van der Waals surface area contributed by atoms with Crippen LogP contribution in [0.1, 0.15) is 47.1 Å². The zero-order valence-electron chi connectivity index (χ0n) is 46.3. The molecule has 9 rings (SSSR count). The Morgan fingerprint density at radius 3 is 2.01 bits per heavy atom. The number of nitrogens with one attached hydrogen (secondary N) is 6. The predicted octanol–water partition coefficient (Wildman–Crippen LogP) is 3.84. The second kappa shape index (κ2) is 28.3. The number of hydrogen-bond acceptors (Lipinski definition) is 12. The first-order valence-corrected chi connectivity index (χ1v) is 28.4. The van der Waals surface area contributed by atoms with Crippen molar-refractivity contribution in [1.29, 1.82) is 0 Å². The van der Waals surface area contributed by atoms with Crippen molar-refractivity contribution < 1.29 is 43.0 Å². The minimum absolute atomic E-state index is 0.00340. The topological polar surface area (TPSA) is 250 Å². The van der Waals surface area contributed by atoms with Gasteiger partial charge in [0.2, 0.25) is 29.5 Å². The molecule has 0 unspecified atom stereocenters. The molecule has 5 aromatic carbocycles. The lowest BCUT2D eigenvalue weighted by atomic mass is 9.92. The Morgan fingerprint density at radius 2 is 1.30 bits per heavy atom. The van der Waals surface area contributed by atoms with Crippen LogP contribution >= 0.6 is 0 Å². The lowest BCUT2D eigenvalue weighted by Crippen LogP contribution is -2.60. The number of piperazine rings is 1. The van der Waals surface area contributed by atoms with Gasteiger partial charge in [0, 0.05) is 102 Å². The number of hydrogen-bond donors (Lipinski definition) is 7. The zero-order chi connectivity index (χ0) is 57.4. The maximum atomic E-state index is 15.7. The van der Waals surface area contributed by atoms with Crippen LogP contribution in [0, 0.1) is 5.92 Å². The maximum Gasteiger partial charge on any atom is 0.407 e. The minimum atomic E-state index is -1.29. The number of para-hydroxylation sites is 1. The first-order chi connectivity index (χ1) is 39.9. The van der Waals surface area contributed by atoms with Gasteiger partial charge in [-0.05, 0) is 58.9 Å². The van der Waals surface area contributed by atoms with Gasteiger partial charge in [0.15, 0.2) is 5.78 Å². The van der Waals surface area contributed by atoms with E-state index in [1.807, 2.05) is 127 Å². The van der Waals surface area contributed by atoms with Crippen molar-refractivity contribution in [1.82, 2.24) is 46.3 Å². The molecule has 0 bridgehead atoms. The number of ketones is 1. The quantitative estimate of drug-likeness (QED) is 0.0689. The Labute approximate surface area is 478 Å². The summed E-state index contributed by atoms with van der Waals surface area (Å²) in [6.07, 6.45) is 0.0664. The summed E-state index contributed by atoms with van der Waals surface area (Å²) in [6.45, 7) is 3.07. The third-order valence-electron chi connectivity index (χ3n) is 15.6. The number of amides is 6. The van der Waals surface area contributed by atoms with Gasteiger partial charge in [-0.2, -0.15) is 0 Å². The molecule has 19 nitrogen and oxygen atoms in total. The fourth-order valence-corrected chi connectivity index (χ4v) is 11.1. The number of likely N-dealkylation sites (N-methyl/N-ethyl adjacent to an activating group) is 1. The van der Waals surface area contributed by atoms with E-state index < -0.39 is 83.6 Å². The maximum absolute atomic E-state index is 15.7. The highest BCUT2D eigenvalue weighted by Crippen LogP contribution is 2.27. The van der Waals surface area contributed by atoms with Gasteiger partial charge >= 0.3 is 6.09 Å². The number of H-pyrrole nitrogens is 1. The summed E-state index contributed by atoms with van der Waals surface area (Å²) in [7, 11) is 1.51. The summed E-state index contributed by atoms with van der Waals surface area (Å²) in [5.41, 5.74) is 10.5. The molecule has 4 heterocycles. The highest BCUT2D eigenvalue weighted by Gasteiger charge is 2.46. The molecule has 0 spiro atoms. The molecule has 19 heteroatoms. The van der Waals surface area contributed by atoms with Gasteiger partial charge in [-0.25, -0.2) is 4.79 Å². The standard InChI is InChI=1S/C63H74N10O9/c1-71-56(34-43-15-7-3-8-16-43)62(79)73-40-49(82-63(80)66-28-27-64)37-55(73)60(77)68-52(26-23-42-13-5-2-6-14-42)59(76)69-53(35-46-38-67-51-20-12-11-19-50(46)51)57(74)36-47(39-72-31-29-65-30-32-72)58(75)70-54(61(71)78)33-44-21-24-48(25-22-44)81-41-45-17-9-4-10-18-45/h2-22,24-25,38,47,49,52-56,65,67H,23,26-37,39-41,64H2,1H3,(H,66,80)(H,68,77)(H,69,76)(H,70,75)/t47-,49+,52-,53+,54-,55-,56-/m0/s1. The molecule has 8 N–H and O–H groups in total. The number of fused-ring (bicyclic) bond motifs is 2. The Balaban J connectivity index is 1.12. The molecule has 3 aliphatic rings. The fraction of sp³-hybridized carbons (Fsp3) is 0.381. The number of aromatic amines is 1. The Morgan fingerprint density at radius 1 is 0.671 bits per heavy atom. The van der Waals surface area contributed by atoms with Crippen LogP contribution in [0.25, 0.3) is 10.9 Å². The number of aryl methyl sites for hydroxylation is 1. The predicted molar refractivity (Wildman–Crippen MR) is 310 cm³/mol. The Bertz CT molecular complexity index is 3120. The van der Waals surface area contributed by atoms with E-state index >= 15 is 28.8 Å².